The number of nitrogens with one attached hydrogen (secondary N) is 2. The van der Waals surface area contributed by atoms with Gasteiger partial charge in [-0.2, -0.15) is 0 Å². The zero-order valence-electron chi connectivity index (χ0n) is 17.2. The van der Waals surface area contributed by atoms with Crippen LogP contribution in [0.2, 0.25) is 0 Å². The Bertz CT molecular complexity index is 827. The zero-order valence-corrected chi connectivity index (χ0v) is 18.0. The average Bonchev–Trinajstić information content (AvgIpc) is 2.64. The van der Waals surface area contributed by atoms with Crippen LogP contribution in [0.1, 0.15) is 26.7 Å². The summed E-state index contributed by atoms with van der Waals surface area (Å²) in [6.07, 6.45) is 2.47. The number of nitrogens with zero attached hydrogens (tertiary/aromatic N) is 3. The lowest BCUT2D eigenvalue weighted by Gasteiger charge is -2.32. The van der Waals surface area contributed by atoms with Crippen LogP contribution in [0.15, 0.2) is 22.1 Å². The molecule has 1 amide bonds. The number of ketones is 1. The van der Waals surface area contributed by atoms with E-state index in [1.807, 2.05) is 13.8 Å². The maximum absolute atomic E-state index is 13.1. The molecule has 0 aromatic carbocycles. The number of carbonyl (C=O) groups excluding carboxylic acids is 2. The summed E-state index contributed by atoms with van der Waals surface area (Å²) in [4.78, 5) is 45.3. The van der Waals surface area contributed by atoms with Gasteiger partial charge in [-0.3, -0.25) is 24.4 Å². The van der Waals surface area contributed by atoms with Crippen LogP contribution in [-0.4, -0.2) is 64.8 Å². The lowest BCUT2D eigenvalue weighted by atomic mass is 9.96. The van der Waals surface area contributed by atoms with Crippen LogP contribution in [0.4, 0.5) is 0 Å². The highest BCUT2D eigenvalue weighted by Gasteiger charge is 2.30. The number of aromatic nitrogens is 2. The first kappa shape index (κ1) is 24.5. The second-order valence-corrected chi connectivity index (χ2v) is 7.34. The third kappa shape index (κ3) is 8.16. The topological polar surface area (TPSA) is 152 Å². The molecule has 1 atom stereocenters. The van der Waals surface area contributed by atoms with E-state index in [4.69, 9.17) is 23.7 Å². The summed E-state index contributed by atoms with van der Waals surface area (Å²) in [5, 5.41) is 3.01. The molecule has 162 valence electrons. The van der Waals surface area contributed by atoms with E-state index < -0.39 is 6.04 Å². The van der Waals surface area contributed by atoms with Crippen molar-refractivity contribution >= 4 is 29.9 Å². The van der Waals surface area contributed by atoms with Crippen molar-refractivity contribution in [1.82, 2.24) is 19.8 Å². The number of amides is 1. The molecule has 29 heavy (non-hydrogen) atoms. The first-order chi connectivity index (χ1) is 13.7. The van der Waals surface area contributed by atoms with Gasteiger partial charge < -0.3 is 26.3 Å². The van der Waals surface area contributed by atoms with Crippen molar-refractivity contribution in [2.75, 3.05) is 26.7 Å². The third-order valence-electron chi connectivity index (χ3n) is 4.33. The van der Waals surface area contributed by atoms with Gasteiger partial charge in [-0.25, -0.2) is 0 Å². The predicted octanol–water partition coefficient (Wildman–Crippen LogP) is -0.399. The second-order valence-electron chi connectivity index (χ2n) is 6.95. The Morgan fingerprint density at radius 2 is 2.07 bits per heavy atom. The highest BCUT2D eigenvalue weighted by molar-refractivity contribution is 7.71. The van der Waals surface area contributed by atoms with E-state index in [2.05, 4.69) is 15.3 Å². The summed E-state index contributed by atoms with van der Waals surface area (Å²) in [5.74, 6) is -0.524. The molecule has 0 aliphatic heterocycles. The Balaban J connectivity index is 3.09. The molecule has 1 rings (SSSR count). The number of aromatic amines is 1. The van der Waals surface area contributed by atoms with E-state index in [1.165, 1.54) is 16.8 Å². The van der Waals surface area contributed by atoms with Gasteiger partial charge in [0.2, 0.25) is 5.91 Å². The van der Waals surface area contributed by atoms with Crippen LogP contribution in [-0.2, 0) is 16.1 Å². The minimum absolute atomic E-state index is 0.00713. The van der Waals surface area contributed by atoms with E-state index >= 15 is 0 Å². The molecule has 1 aromatic heterocycles. The Labute approximate surface area is 175 Å². The van der Waals surface area contributed by atoms with Gasteiger partial charge in [0.1, 0.15) is 6.54 Å². The lowest BCUT2D eigenvalue weighted by Crippen LogP contribution is -2.50. The van der Waals surface area contributed by atoms with Gasteiger partial charge in [0.15, 0.2) is 16.5 Å². The molecule has 0 spiro atoms. The molecule has 0 saturated carbocycles. The molecule has 0 fully saturated rings. The summed E-state index contributed by atoms with van der Waals surface area (Å²) in [6, 6.07) is 0.703. The van der Waals surface area contributed by atoms with Crippen molar-refractivity contribution in [1.29, 1.82) is 0 Å². The summed E-state index contributed by atoms with van der Waals surface area (Å²) in [7, 11) is 1.78. The number of hydrogen-bond acceptors (Lipinski definition) is 6. The van der Waals surface area contributed by atoms with Crippen LogP contribution in [0, 0.1) is 10.7 Å². The maximum Gasteiger partial charge on any atom is 0.251 e. The van der Waals surface area contributed by atoms with Crippen LogP contribution in [0.25, 0.3) is 0 Å². The zero-order chi connectivity index (χ0) is 22.0. The minimum atomic E-state index is -0.595. The van der Waals surface area contributed by atoms with E-state index in [-0.39, 0.29) is 40.4 Å². The van der Waals surface area contributed by atoms with Crippen LogP contribution in [0.3, 0.4) is 0 Å². The number of carbonyl (C=O) groups is 2. The van der Waals surface area contributed by atoms with Crippen molar-refractivity contribution in [2.45, 2.75) is 39.3 Å². The number of rotatable bonds is 12. The number of H-pyrrole nitrogens is 1. The van der Waals surface area contributed by atoms with E-state index in [1.54, 1.807) is 11.9 Å². The minimum Gasteiger partial charge on any atom is -0.370 e. The van der Waals surface area contributed by atoms with Crippen molar-refractivity contribution < 1.29 is 9.59 Å². The molecule has 0 aliphatic rings. The second kappa shape index (κ2) is 12.1. The molecule has 6 N–H and O–H groups in total. The Morgan fingerprint density at radius 1 is 1.38 bits per heavy atom. The van der Waals surface area contributed by atoms with Gasteiger partial charge in [-0.05, 0) is 32.1 Å². The predicted molar refractivity (Wildman–Crippen MR) is 115 cm³/mol. The van der Waals surface area contributed by atoms with Crippen LogP contribution < -0.4 is 22.3 Å². The first-order valence-corrected chi connectivity index (χ1v) is 9.91. The largest absolute Gasteiger partial charge is 0.370 e. The molecule has 1 heterocycles. The van der Waals surface area contributed by atoms with E-state index in [0.29, 0.717) is 32.5 Å². The van der Waals surface area contributed by atoms with Crippen LogP contribution in [0.5, 0.6) is 0 Å². The average molecular weight is 426 g/mol. The number of nitrogens with two attached hydrogens (primary N) is 2. The Morgan fingerprint density at radius 3 is 2.62 bits per heavy atom. The number of hydrogen-bond donors (Lipinski definition) is 4. The molecule has 0 aliphatic carbocycles. The van der Waals surface area contributed by atoms with Gasteiger partial charge >= 0.3 is 0 Å². The standard InChI is InChI=1S/C18H31N7O3S/c1-12(2)16(28)13(5-4-7-22-17(19)20)25(10-8-21-3)15(27)11-24-9-6-14(26)23-18(24)29/h6,9,12-13,21H,4-5,7-8,10-11H2,1-3H3,(H4,19,20,22)(H,23,26,29). The normalized spacial score (nSPS) is 11.9. The lowest BCUT2D eigenvalue weighted by molar-refractivity contribution is -0.141. The molecular weight excluding hydrogens is 394 g/mol. The first-order valence-electron chi connectivity index (χ1n) is 9.50. The fourth-order valence-electron chi connectivity index (χ4n) is 2.82. The van der Waals surface area contributed by atoms with E-state index in [9.17, 15) is 14.4 Å². The van der Waals surface area contributed by atoms with Crippen molar-refractivity contribution in [3.05, 3.63) is 27.4 Å². The Hall–Kier alpha value is -2.53. The molecule has 1 unspecified atom stereocenters. The SMILES string of the molecule is CNCCN(C(=O)Cn1ccc(=O)[nH]c1=S)C(CCCN=C(N)N)C(=O)C(C)C. The molecule has 0 saturated heterocycles. The van der Waals surface area contributed by atoms with Crippen molar-refractivity contribution in [3.63, 3.8) is 0 Å². The molecule has 1 aromatic rings. The monoisotopic (exact) mass is 425 g/mol. The summed E-state index contributed by atoms with van der Waals surface area (Å²) >= 11 is 5.12. The van der Waals surface area contributed by atoms with Gasteiger partial charge in [0, 0.05) is 37.8 Å². The smallest absolute Gasteiger partial charge is 0.251 e. The summed E-state index contributed by atoms with van der Waals surface area (Å²) < 4.78 is 1.63. The highest BCUT2D eigenvalue weighted by atomic mass is 32.1. The van der Waals surface area contributed by atoms with E-state index in [0.717, 1.165) is 0 Å². The molecule has 10 nitrogen and oxygen atoms in total. The number of Topliss-reactive ketones (excluding diaryl/α,β-unsaturated/α-hetero) is 1. The van der Waals surface area contributed by atoms with Gasteiger partial charge in [0.05, 0.1) is 6.04 Å². The van der Waals surface area contributed by atoms with Crippen molar-refractivity contribution in [2.24, 2.45) is 22.4 Å². The Kier molecular flexibility index (Phi) is 10.2. The third-order valence-corrected chi connectivity index (χ3v) is 4.67. The van der Waals surface area contributed by atoms with Gasteiger partial charge in [-0.15, -0.1) is 0 Å². The highest BCUT2D eigenvalue weighted by Crippen LogP contribution is 2.15. The molecule has 0 bridgehead atoms. The molecular formula is C18H31N7O3S. The quantitative estimate of drug-likeness (QED) is 0.154. The fraction of sp³-hybridized carbons (Fsp3) is 0.611. The number of aliphatic imine (C=N–C) groups is 1. The van der Waals surface area contributed by atoms with Gasteiger partial charge in [0.25, 0.3) is 5.56 Å². The molecule has 11 heteroatoms. The van der Waals surface area contributed by atoms with Crippen LogP contribution >= 0.6 is 12.2 Å². The molecule has 0 radical (unpaired) electrons. The number of likely N-dealkylation sites (N-methyl/N-ethyl adjacent to an activating group) is 1. The fourth-order valence-corrected chi connectivity index (χ4v) is 3.05. The number of guanidine groups is 1. The van der Waals surface area contributed by atoms with Crippen molar-refractivity contribution in [3.8, 4) is 0 Å². The summed E-state index contributed by atoms with van der Waals surface area (Å²) in [5.41, 5.74) is 10.4. The van der Waals surface area contributed by atoms with Gasteiger partial charge in [-0.1, -0.05) is 13.8 Å². The summed E-state index contributed by atoms with van der Waals surface area (Å²) in [6.45, 7) is 4.81. The maximum atomic E-state index is 13.1.